The van der Waals surface area contributed by atoms with Crippen LogP contribution in [0.5, 0.6) is 5.75 Å². The van der Waals surface area contributed by atoms with Crippen LogP contribution >= 0.6 is 0 Å². The summed E-state index contributed by atoms with van der Waals surface area (Å²) in [4.78, 5) is 12.1. The Morgan fingerprint density at radius 1 is 1.20 bits per heavy atom. The predicted octanol–water partition coefficient (Wildman–Crippen LogP) is 4.00. The summed E-state index contributed by atoms with van der Waals surface area (Å²) in [7, 11) is 0. The highest BCUT2D eigenvalue weighted by atomic mass is 19.1. The lowest BCUT2D eigenvalue weighted by molar-refractivity contribution is 0.0929. The normalized spacial score (nSPS) is 16.3. The van der Waals surface area contributed by atoms with Gasteiger partial charge in [0.1, 0.15) is 23.5 Å². The van der Waals surface area contributed by atoms with E-state index in [2.05, 4.69) is 32.2 Å². The van der Waals surface area contributed by atoms with Gasteiger partial charge in [0.25, 0.3) is 5.91 Å². The second-order valence-corrected chi connectivity index (χ2v) is 7.35. The largest absolute Gasteiger partial charge is 0.488 e. The average Bonchev–Trinajstić information content (AvgIpc) is 2.96. The van der Waals surface area contributed by atoms with Crippen LogP contribution in [0, 0.1) is 11.6 Å². The van der Waals surface area contributed by atoms with E-state index < -0.39 is 17.5 Å². The molecule has 0 aliphatic carbocycles. The first-order valence-corrected chi connectivity index (χ1v) is 8.27. The highest BCUT2D eigenvalue weighted by Gasteiger charge is 2.26. The standard InChI is InChI=1S/C20H21F2NO2/c1-20(2,3)13-4-7-18-12(8-13)9-15(25-18)11-23-19(24)16-10-14(21)5-6-17(16)22/h4-8,10,15H,9,11H2,1-3H3,(H,23,24). The van der Waals surface area contributed by atoms with Crippen LogP contribution in [0.25, 0.3) is 0 Å². The minimum absolute atomic E-state index is 0.0518. The smallest absolute Gasteiger partial charge is 0.254 e. The molecule has 1 N–H and O–H groups in total. The lowest BCUT2D eigenvalue weighted by Crippen LogP contribution is -2.34. The van der Waals surface area contributed by atoms with Gasteiger partial charge in [0.2, 0.25) is 0 Å². The summed E-state index contributed by atoms with van der Waals surface area (Å²) in [6.07, 6.45) is 0.455. The third kappa shape index (κ3) is 3.81. The molecule has 25 heavy (non-hydrogen) atoms. The summed E-state index contributed by atoms with van der Waals surface area (Å²) in [6.45, 7) is 6.68. The first-order valence-electron chi connectivity index (χ1n) is 8.27. The molecule has 0 fully saturated rings. The highest BCUT2D eigenvalue weighted by Crippen LogP contribution is 2.33. The van der Waals surface area contributed by atoms with E-state index in [0.29, 0.717) is 6.42 Å². The number of hydrogen-bond donors (Lipinski definition) is 1. The van der Waals surface area contributed by atoms with Crippen LogP contribution in [0.4, 0.5) is 8.78 Å². The third-order valence-corrected chi connectivity index (χ3v) is 4.33. The minimum atomic E-state index is -0.746. The fraction of sp³-hybridized carbons (Fsp3) is 0.350. The van der Waals surface area contributed by atoms with Crippen molar-refractivity contribution >= 4 is 5.91 Å². The molecule has 2 aromatic rings. The zero-order valence-electron chi connectivity index (χ0n) is 14.5. The molecule has 1 aliphatic rings. The van der Waals surface area contributed by atoms with Crippen molar-refractivity contribution in [3.05, 3.63) is 64.7 Å². The Kier molecular flexibility index (Phi) is 4.50. The van der Waals surface area contributed by atoms with Crippen LogP contribution in [-0.2, 0) is 11.8 Å². The number of amides is 1. The molecule has 5 heteroatoms. The van der Waals surface area contributed by atoms with E-state index in [-0.39, 0.29) is 23.6 Å². The van der Waals surface area contributed by atoms with Crippen molar-refractivity contribution in [2.24, 2.45) is 0 Å². The monoisotopic (exact) mass is 345 g/mol. The summed E-state index contributed by atoms with van der Waals surface area (Å²) in [5.41, 5.74) is 2.08. The molecule has 0 bridgehead atoms. The van der Waals surface area contributed by atoms with E-state index in [1.807, 2.05) is 12.1 Å². The van der Waals surface area contributed by atoms with Crippen LogP contribution in [0.3, 0.4) is 0 Å². The van der Waals surface area contributed by atoms with Gasteiger partial charge in [-0.3, -0.25) is 4.79 Å². The van der Waals surface area contributed by atoms with Crippen LogP contribution in [0.1, 0.15) is 42.3 Å². The van der Waals surface area contributed by atoms with Crippen LogP contribution in [0.15, 0.2) is 36.4 Å². The van der Waals surface area contributed by atoms with Gasteiger partial charge >= 0.3 is 0 Å². The number of nitrogens with one attached hydrogen (secondary N) is 1. The molecule has 2 aromatic carbocycles. The molecule has 1 aliphatic heterocycles. The van der Waals surface area contributed by atoms with E-state index in [1.54, 1.807) is 0 Å². The van der Waals surface area contributed by atoms with Gasteiger partial charge in [-0.2, -0.15) is 0 Å². The van der Waals surface area contributed by atoms with Crippen LogP contribution in [0.2, 0.25) is 0 Å². The molecular formula is C20H21F2NO2. The Bertz CT molecular complexity index is 812. The average molecular weight is 345 g/mol. The first kappa shape index (κ1) is 17.4. The molecule has 0 aromatic heterocycles. The maximum atomic E-state index is 13.6. The Morgan fingerprint density at radius 3 is 2.68 bits per heavy atom. The summed E-state index contributed by atoms with van der Waals surface area (Å²) in [5.74, 6) is -1.23. The fourth-order valence-electron chi connectivity index (χ4n) is 2.87. The van der Waals surface area contributed by atoms with E-state index >= 15 is 0 Å². The molecule has 0 radical (unpaired) electrons. The van der Waals surface area contributed by atoms with Gasteiger partial charge in [-0.05, 0) is 40.8 Å². The van der Waals surface area contributed by atoms with Crippen molar-refractivity contribution in [2.45, 2.75) is 38.7 Å². The van der Waals surface area contributed by atoms with Gasteiger partial charge in [-0.25, -0.2) is 8.78 Å². The molecule has 1 atom stereocenters. The number of fused-ring (bicyclic) bond motifs is 1. The second-order valence-electron chi connectivity index (χ2n) is 7.35. The Balaban J connectivity index is 1.64. The third-order valence-electron chi connectivity index (χ3n) is 4.33. The number of hydrogen-bond acceptors (Lipinski definition) is 2. The fourth-order valence-corrected chi connectivity index (χ4v) is 2.87. The van der Waals surface area contributed by atoms with E-state index in [0.717, 1.165) is 29.5 Å². The van der Waals surface area contributed by atoms with Crippen LogP contribution in [-0.4, -0.2) is 18.6 Å². The SMILES string of the molecule is CC(C)(C)c1ccc2c(c1)CC(CNC(=O)c1cc(F)ccc1F)O2. The number of rotatable bonds is 3. The molecule has 1 unspecified atom stereocenters. The molecule has 0 saturated heterocycles. The van der Waals surface area contributed by atoms with Crippen molar-refractivity contribution in [3.63, 3.8) is 0 Å². The van der Waals surface area contributed by atoms with Crippen LogP contribution < -0.4 is 10.1 Å². The van der Waals surface area contributed by atoms with Crippen molar-refractivity contribution in [2.75, 3.05) is 6.54 Å². The topological polar surface area (TPSA) is 38.3 Å². The van der Waals surface area contributed by atoms with Crippen molar-refractivity contribution < 1.29 is 18.3 Å². The molecule has 0 spiro atoms. The minimum Gasteiger partial charge on any atom is -0.488 e. The summed E-state index contributed by atoms with van der Waals surface area (Å²) in [6, 6.07) is 8.94. The summed E-state index contributed by atoms with van der Waals surface area (Å²) in [5, 5.41) is 2.62. The number of carbonyl (C=O) groups is 1. The zero-order chi connectivity index (χ0) is 18.2. The first-order chi connectivity index (χ1) is 11.7. The Morgan fingerprint density at radius 2 is 1.96 bits per heavy atom. The molecule has 1 amide bonds. The zero-order valence-corrected chi connectivity index (χ0v) is 14.5. The van der Waals surface area contributed by atoms with E-state index in [1.165, 1.54) is 5.56 Å². The van der Waals surface area contributed by atoms with Gasteiger partial charge in [0.15, 0.2) is 0 Å². The Labute approximate surface area is 146 Å². The number of benzene rings is 2. The number of halogens is 2. The molecular weight excluding hydrogens is 324 g/mol. The summed E-state index contributed by atoms with van der Waals surface area (Å²) < 4.78 is 32.7. The lowest BCUT2D eigenvalue weighted by Gasteiger charge is -2.19. The molecule has 1 heterocycles. The quantitative estimate of drug-likeness (QED) is 0.913. The summed E-state index contributed by atoms with van der Waals surface area (Å²) >= 11 is 0. The van der Waals surface area contributed by atoms with E-state index in [4.69, 9.17) is 4.74 Å². The number of carbonyl (C=O) groups excluding carboxylic acids is 1. The molecule has 132 valence electrons. The van der Waals surface area contributed by atoms with E-state index in [9.17, 15) is 13.6 Å². The lowest BCUT2D eigenvalue weighted by atomic mass is 9.86. The molecule has 3 rings (SSSR count). The van der Waals surface area contributed by atoms with Crippen molar-refractivity contribution in [1.29, 1.82) is 0 Å². The molecule has 3 nitrogen and oxygen atoms in total. The van der Waals surface area contributed by atoms with Gasteiger partial charge in [0, 0.05) is 6.42 Å². The predicted molar refractivity (Wildman–Crippen MR) is 92.0 cm³/mol. The van der Waals surface area contributed by atoms with Gasteiger partial charge in [-0.1, -0.05) is 32.9 Å². The maximum Gasteiger partial charge on any atom is 0.254 e. The maximum absolute atomic E-state index is 13.6. The van der Waals surface area contributed by atoms with Crippen molar-refractivity contribution in [1.82, 2.24) is 5.32 Å². The second kappa shape index (κ2) is 6.47. The molecule has 0 saturated carbocycles. The number of ether oxygens (including phenoxy) is 1. The van der Waals surface area contributed by atoms with Gasteiger partial charge in [-0.15, -0.1) is 0 Å². The van der Waals surface area contributed by atoms with Gasteiger partial charge < -0.3 is 10.1 Å². The van der Waals surface area contributed by atoms with Crippen molar-refractivity contribution in [3.8, 4) is 5.75 Å². The van der Waals surface area contributed by atoms with Gasteiger partial charge in [0.05, 0.1) is 12.1 Å². The highest BCUT2D eigenvalue weighted by molar-refractivity contribution is 5.94. The Hall–Kier alpha value is -2.43.